The Kier molecular flexibility index (Phi) is 5.07. The quantitative estimate of drug-likeness (QED) is 0.583. The van der Waals surface area contributed by atoms with Crippen molar-refractivity contribution < 1.29 is 14.3 Å². The number of aromatic amines is 1. The molecule has 0 bridgehead atoms. The van der Waals surface area contributed by atoms with Crippen LogP contribution in [0.4, 0.5) is 4.79 Å². The van der Waals surface area contributed by atoms with E-state index in [0.29, 0.717) is 24.1 Å². The van der Waals surface area contributed by atoms with Gasteiger partial charge < -0.3 is 14.5 Å². The summed E-state index contributed by atoms with van der Waals surface area (Å²) in [5.41, 5.74) is 4.31. The number of fused-ring (bicyclic) bond motifs is 3. The summed E-state index contributed by atoms with van der Waals surface area (Å²) in [6.45, 7) is 1.12. The molecule has 0 radical (unpaired) electrons. The van der Waals surface area contributed by atoms with Crippen molar-refractivity contribution in [3.63, 3.8) is 0 Å². The third-order valence-electron chi connectivity index (χ3n) is 6.42. The molecule has 2 heterocycles. The van der Waals surface area contributed by atoms with Gasteiger partial charge in [-0.3, -0.25) is 4.90 Å². The van der Waals surface area contributed by atoms with Gasteiger partial charge in [0.15, 0.2) is 0 Å². The highest BCUT2D eigenvalue weighted by Gasteiger charge is 2.36. The summed E-state index contributed by atoms with van der Waals surface area (Å²) in [6.07, 6.45) is 4.07. The first-order valence-electron chi connectivity index (χ1n) is 10.5. The minimum absolute atomic E-state index is 0.236. The molecule has 0 saturated heterocycles. The summed E-state index contributed by atoms with van der Waals surface area (Å²) in [5.74, 6) is 1.31. The number of halogens is 1. The Balaban J connectivity index is 1.53. The molecule has 30 heavy (non-hydrogen) atoms. The standard InChI is InChI=1S/C24H25ClN2O3/c1-29-18-8-5-16(6-9-18)23-22-19(20-13-17(25)7-10-21(20)26-22)11-12-27(23)24(28)30-14-15-3-2-4-15/h5-10,13,15,23,26H,2-4,11-12,14H2,1H3/t23-/m0/s1. The van der Waals surface area contributed by atoms with Crippen molar-refractivity contribution in [2.45, 2.75) is 31.7 Å². The SMILES string of the molecule is COc1ccc([C@H]2c3[nH]c4ccc(Cl)cc4c3CCN2C(=O)OCC2CCC2)cc1. The van der Waals surface area contributed by atoms with E-state index in [1.165, 1.54) is 12.0 Å². The lowest BCUT2D eigenvalue weighted by Gasteiger charge is -2.36. The summed E-state index contributed by atoms with van der Waals surface area (Å²) >= 11 is 6.26. The van der Waals surface area contributed by atoms with Crippen LogP contribution in [0.25, 0.3) is 10.9 Å². The van der Waals surface area contributed by atoms with E-state index in [9.17, 15) is 4.79 Å². The van der Waals surface area contributed by atoms with Gasteiger partial charge in [0.1, 0.15) is 11.8 Å². The monoisotopic (exact) mass is 424 g/mol. The predicted molar refractivity (Wildman–Crippen MR) is 117 cm³/mol. The fourth-order valence-corrected chi connectivity index (χ4v) is 4.69. The number of ether oxygens (including phenoxy) is 2. The summed E-state index contributed by atoms with van der Waals surface area (Å²) in [7, 11) is 1.65. The third-order valence-corrected chi connectivity index (χ3v) is 6.66. The molecule has 1 aliphatic heterocycles. The van der Waals surface area contributed by atoms with Crippen LogP contribution in [0.3, 0.4) is 0 Å². The van der Waals surface area contributed by atoms with Gasteiger partial charge in [0.2, 0.25) is 0 Å². The van der Waals surface area contributed by atoms with Gasteiger partial charge in [-0.1, -0.05) is 30.2 Å². The lowest BCUT2D eigenvalue weighted by Crippen LogP contribution is -2.41. The molecule has 1 atom stereocenters. The zero-order chi connectivity index (χ0) is 20.7. The van der Waals surface area contributed by atoms with Gasteiger partial charge in [-0.25, -0.2) is 4.79 Å². The Morgan fingerprint density at radius 1 is 1.20 bits per heavy atom. The van der Waals surface area contributed by atoms with E-state index in [1.54, 1.807) is 7.11 Å². The van der Waals surface area contributed by atoms with E-state index in [0.717, 1.165) is 47.2 Å². The van der Waals surface area contributed by atoms with Crippen LogP contribution >= 0.6 is 11.6 Å². The molecule has 5 rings (SSSR count). The highest BCUT2D eigenvalue weighted by molar-refractivity contribution is 6.31. The number of rotatable bonds is 4. The Bertz CT molecular complexity index is 1070. The van der Waals surface area contributed by atoms with Gasteiger partial charge in [-0.2, -0.15) is 0 Å². The number of methoxy groups -OCH3 is 1. The van der Waals surface area contributed by atoms with E-state index < -0.39 is 0 Å². The van der Waals surface area contributed by atoms with Crippen LogP contribution in [0.15, 0.2) is 42.5 Å². The van der Waals surface area contributed by atoms with E-state index in [1.807, 2.05) is 47.4 Å². The van der Waals surface area contributed by atoms with Crippen LogP contribution < -0.4 is 4.74 Å². The van der Waals surface area contributed by atoms with Crippen molar-refractivity contribution >= 4 is 28.6 Å². The Hall–Kier alpha value is -2.66. The van der Waals surface area contributed by atoms with Crippen molar-refractivity contribution in [2.75, 3.05) is 20.3 Å². The van der Waals surface area contributed by atoms with Crippen LogP contribution in [-0.4, -0.2) is 36.2 Å². The van der Waals surface area contributed by atoms with Gasteiger partial charge in [0, 0.05) is 28.2 Å². The van der Waals surface area contributed by atoms with Crippen LogP contribution in [0.1, 0.15) is 42.1 Å². The Morgan fingerprint density at radius 2 is 2.00 bits per heavy atom. The largest absolute Gasteiger partial charge is 0.497 e. The topological polar surface area (TPSA) is 54.6 Å². The lowest BCUT2D eigenvalue weighted by molar-refractivity contribution is 0.0620. The Morgan fingerprint density at radius 3 is 2.70 bits per heavy atom. The molecular weight excluding hydrogens is 400 g/mol. The first-order chi connectivity index (χ1) is 14.6. The number of hydrogen-bond donors (Lipinski definition) is 1. The maximum Gasteiger partial charge on any atom is 0.410 e. The number of nitrogens with one attached hydrogen (secondary N) is 1. The summed E-state index contributed by atoms with van der Waals surface area (Å²) in [6, 6.07) is 13.6. The van der Waals surface area contributed by atoms with Crippen molar-refractivity contribution in [3.8, 4) is 5.75 Å². The number of nitrogens with zero attached hydrogens (tertiary/aromatic N) is 1. The molecule has 1 fully saturated rings. The molecule has 1 aliphatic carbocycles. The average molecular weight is 425 g/mol. The highest BCUT2D eigenvalue weighted by Crippen LogP contribution is 2.40. The first-order valence-corrected chi connectivity index (χ1v) is 10.9. The smallest absolute Gasteiger partial charge is 0.410 e. The lowest BCUT2D eigenvalue weighted by atomic mass is 9.86. The number of aromatic nitrogens is 1. The first kappa shape index (κ1) is 19.3. The summed E-state index contributed by atoms with van der Waals surface area (Å²) in [4.78, 5) is 18.5. The van der Waals surface area contributed by atoms with Gasteiger partial charge in [-0.05, 0) is 66.6 Å². The van der Waals surface area contributed by atoms with Gasteiger partial charge in [0.25, 0.3) is 0 Å². The molecular formula is C24H25ClN2O3. The number of carbonyl (C=O) groups is 1. The third kappa shape index (κ3) is 3.41. The molecule has 1 amide bonds. The van der Waals surface area contributed by atoms with Crippen molar-refractivity contribution in [2.24, 2.45) is 5.92 Å². The molecule has 1 N–H and O–H groups in total. The van der Waals surface area contributed by atoms with Crippen molar-refractivity contribution in [3.05, 3.63) is 64.3 Å². The molecule has 1 saturated carbocycles. The number of hydrogen-bond acceptors (Lipinski definition) is 3. The molecule has 0 spiro atoms. The molecule has 0 unspecified atom stereocenters. The van der Waals surface area contributed by atoms with E-state index >= 15 is 0 Å². The summed E-state index contributed by atoms with van der Waals surface area (Å²) < 4.78 is 11.0. The van der Waals surface area contributed by atoms with Crippen LogP contribution in [-0.2, 0) is 11.2 Å². The van der Waals surface area contributed by atoms with Crippen molar-refractivity contribution in [1.29, 1.82) is 0 Å². The second-order valence-corrected chi connectivity index (χ2v) is 8.64. The van der Waals surface area contributed by atoms with Crippen LogP contribution in [0.5, 0.6) is 5.75 Å². The minimum Gasteiger partial charge on any atom is -0.497 e. The van der Waals surface area contributed by atoms with Crippen LogP contribution in [0, 0.1) is 5.92 Å². The normalized spacial score (nSPS) is 18.7. The summed E-state index contributed by atoms with van der Waals surface area (Å²) in [5, 5.41) is 1.84. The number of H-pyrrole nitrogens is 1. The predicted octanol–water partition coefficient (Wildman–Crippen LogP) is 5.71. The number of benzene rings is 2. The van der Waals surface area contributed by atoms with E-state index in [4.69, 9.17) is 21.1 Å². The molecule has 2 aliphatic rings. The number of amides is 1. The van der Waals surface area contributed by atoms with E-state index in [2.05, 4.69) is 4.98 Å². The van der Waals surface area contributed by atoms with Gasteiger partial charge >= 0.3 is 6.09 Å². The molecule has 3 aromatic rings. The van der Waals surface area contributed by atoms with Crippen molar-refractivity contribution in [1.82, 2.24) is 9.88 Å². The maximum atomic E-state index is 13.1. The van der Waals surface area contributed by atoms with Gasteiger partial charge in [-0.15, -0.1) is 0 Å². The second kappa shape index (κ2) is 7.88. The van der Waals surface area contributed by atoms with Gasteiger partial charge in [0.05, 0.1) is 13.7 Å². The zero-order valence-electron chi connectivity index (χ0n) is 17.0. The molecule has 5 nitrogen and oxygen atoms in total. The molecule has 2 aromatic carbocycles. The average Bonchev–Trinajstić information content (AvgIpc) is 3.09. The highest BCUT2D eigenvalue weighted by atomic mass is 35.5. The Labute approximate surface area is 180 Å². The zero-order valence-corrected chi connectivity index (χ0v) is 17.7. The maximum absolute atomic E-state index is 13.1. The molecule has 156 valence electrons. The molecule has 1 aromatic heterocycles. The fraction of sp³-hybridized carbons (Fsp3) is 0.375. The molecule has 6 heteroatoms. The second-order valence-electron chi connectivity index (χ2n) is 8.20. The number of carbonyl (C=O) groups excluding carboxylic acids is 1. The fourth-order valence-electron chi connectivity index (χ4n) is 4.52. The van der Waals surface area contributed by atoms with Crippen LogP contribution in [0.2, 0.25) is 5.02 Å². The minimum atomic E-state index is -0.245. The van der Waals surface area contributed by atoms with E-state index in [-0.39, 0.29) is 12.1 Å².